The van der Waals surface area contributed by atoms with Crippen molar-refractivity contribution in [2.45, 2.75) is 33.1 Å². The summed E-state index contributed by atoms with van der Waals surface area (Å²) in [6.45, 7) is 4.63. The molecule has 90 valence electrons. The zero-order chi connectivity index (χ0) is 12.0. The minimum absolute atomic E-state index is 0.745. The summed E-state index contributed by atoms with van der Waals surface area (Å²) in [5, 5.41) is 0. The van der Waals surface area contributed by atoms with Crippen molar-refractivity contribution in [3.05, 3.63) is 29.7 Å². The van der Waals surface area contributed by atoms with Crippen molar-refractivity contribution in [2.75, 3.05) is 5.73 Å². The van der Waals surface area contributed by atoms with Crippen LogP contribution in [0.25, 0.3) is 5.65 Å². The Balaban J connectivity index is 2.10. The third kappa shape index (κ3) is 1.70. The molecule has 1 unspecified atom stereocenters. The molecule has 3 nitrogen and oxygen atoms in total. The molecule has 0 fully saturated rings. The summed E-state index contributed by atoms with van der Waals surface area (Å²) in [5.41, 5.74) is 10.4. The third-order valence-corrected chi connectivity index (χ3v) is 3.97. The maximum atomic E-state index is 5.86. The molecule has 0 saturated heterocycles. The number of anilines is 1. The van der Waals surface area contributed by atoms with Gasteiger partial charge in [0.15, 0.2) is 0 Å². The van der Waals surface area contributed by atoms with Crippen molar-refractivity contribution in [3.63, 3.8) is 0 Å². The van der Waals surface area contributed by atoms with E-state index >= 15 is 0 Å². The Morgan fingerprint density at radius 1 is 1.41 bits per heavy atom. The van der Waals surface area contributed by atoms with Crippen LogP contribution in [0, 0.1) is 11.8 Å². The summed E-state index contributed by atoms with van der Waals surface area (Å²) < 4.78 is 2.18. The van der Waals surface area contributed by atoms with Gasteiger partial charge in [-0.1, -0.05) is 13.8 Å². The fraction of sp³-hybridized carbons (Fsp3) is 0.500. The molecule has 17 heavy (non-hydrogen) atoms. The molecule has 1 aliphatic rings. The van der Waals surface area contributed by atoms with Crippen LogP contribution < -0.4 is 5.73 Å². The van der Waals surface area contributed by atoms with E-state index in [1.165, 1.54) is 17.8 Å². The van der Waals surface area contributed by atoms with E-state index in [2.05, 4.69) is 18.2 Å². The van der Waals surface area contributed by atoms with Crippen LogP contribution in [0.1, 0.15) is 31.7 Å². The quantitative estimate of drug-likeness (QED) is 0.817. The second-order valence-corrected chi connectivity index (χ2v) is 5.44. The molecule has 0 amide bonds. The summed E-state index contributed by atoms with van der Waals surface area (Å²) in [4.78, 5) is 4.70. The molecule has 0 radical (unpaired) electrons. The first kappa shape index (κ1) is 10.6. The molecule has 1 aliphatic carbocycles. The van der Waals surface area contributed by atoms with Gasteiger partial charge in [-0.2, -0.15) is 0 Å². The Bertz CT molecular complexity index is 554. The van der Waals surface area contributed by atoms with Crippen LogP contribution in [0.5, 0.6) is 0 Å². The summed E-state index contributed by atoms with van der Waals surface area (Å²) >= 11 is 0. The molecular weight excluding hydrogens is 210 g/mol. The van der Waals surface area contributed by atoms with Crippen molar-refractivity contribution in [3.8, 4) is 0 Å². The Kier molecular flexibility index (Phi) is 2.35. The summed E-state index contributed by atoms with van der Waals surface area (Å²) in [6, 6.07) is 3.94. The lowest BCUT2D eigenvalue weighted by Crippen LogP contribution is -2.19. The summed E-state index contributed by atoms with van der Waals surface area (Å²) in [6.07, 6.45) is 5.52. The van der Waals surface area contributed by atoms with E-state index in [0.29, 0.717) is 0 Å². The molecule has 2 aromatic rings. The van der Waals surface area contributed by atoms with Crippen LogP contribution >= 0.6 is 0 Å². The second kappa shape index (κ2) is 3.76. The zero-order valence-electron chi connectivity index (χ0n) is 10.5. The highest BCUT2D eigenvalue weighted by atomic mass is 15.0. The molecule has 2 heterocycles. The number of hydrogen-bond acceptors (Lipinski definition) is 2. The molecule has 1 atom stereocenters. The number of rotatable bonds is 1. The van der Waals surface area contributed by atoms with Crippen LogP contribution in [0.15, 0.2) is 18.3 Å². The maximum Gasteiger partial charge on any atom is 0.137 e. The van der Waals surface area contributed by atoms with Gasteiger partial charge in [-0.3, -0.25) is 0 Å². The summed E-state index contributed by atoms with van der Waals surface area (Å²) in [7, 11) is 0. The van der Waals surface area contributed by atoms with Gasteiger partial charge >= 0.3 is 0 Å². The van der Waals surface area contributed by atoms with Crippen LogP contribution in [0.3, 0.4) is 0 Å². The zero-order valence-corrected chi connectivity index (χ0v) is 10.5. The molecule has 3 rings (SSSR count). The lowest BCUT2D eigenvalue weighted by molar-refractivity contribution is 0.337. The first-order chi connectivity index (χ1) is 8.15. The number of imidazole rings is 1. The van der Waals surface area contributed by atoms with Gasteiger partial charge < -0.3 is 10.1 Å². The molecule has 2 N–H and O–H groups in total. The molecule has 2 aromatic heterocycles. The smallest absolute Gasteiger partial charge is 0.137 e. The molecule has 0 bridgehead atoms. The molecule has 3 heteroatoms. The largest absolute Gasteiger partial charge is 0.398 e. The Morgan fingerprint density at radius 3 is 3.00 bits per heavy atom. The first-order valence-electron chi connectivity index (χ1n) is 6.40. The van der Waals surface area contributed by atoms with Crippen molar-refractivity contribution in [1.29, 1.82) is 0 Å². The topological polar surface area (TPSA) is 43.3 Å². The van der Waals surface area contributed by atoms with Gasteiger partial charge in [0, 0.05) is 17.6 Å². The van der Waals surface area contributed by atoms with Crippen LogP contribution in [-0.4, -0.2) is 9.38 Å². The molecule has 0 aromatic carbocycles. The first-order valence-corrected chi connectivity index (χ1v) is 6.40. The molecule has 0 aliphatic heterocycles. The number of aromatic nitrogens is 2. The number of pyridine rings is 1. The van der Waals surface area contributed by atoms with Gasteiger partial charge in [0.1, 0.15) is 5.65 Å². The Morgan fingerprint density at radius 2 is 2.24 bits per heavy atom. The lowest BCUT2D eigenvalue weighted by atomic mass is 9.82. The highest BCUT2D eigenvalue weighted by Gasteiger charge is 2.24. The van der Waals surface area contributed by atoms with E-state index < -0.39 is 0 Å². The van der Waals surface area contributed by atoms with E-state index in [1.54, 1.807) is 0 Å². The standard InChI is InChI=1S/C14H19N3/c1-9(2)10-3-5-12-13(7-10)17-8-11(15)4-6-14(17)16-12/h4,6,8-10H,3,5,7,15H2,1-2H3. The number of aryl methyl sites for hydroxylation is 1. The average Bonchev–Trinajstić information content (AvgIpc) is 2.66. The molecule has 0 spiro atoms. The maximum absolute atomic E-state index is 5.86. The average molecular weight is 229 g/mol. The molecular formula is C14H19N3. The van der Waals surface area contributed by atoms with Crippen molar-refractivity contribution >= 4 is 11.3 Å². The van der Waals surface area contributed by atoms with Crippen molar-refractivity contribution < 1.29 is 0 Å². The van der Waals surface area contributed by atoms with E-state index in [-0.39, 0.29) is 0 Å². The van der Waals surface area contributed by atoms with Gasteiger partial charge in [-0.15, -0.1) is 0 Å². The number of nitrogen functional groups attached to an aromatic ring is 1. The fourth-order valence-corrected chi connectivity index (χ4v) is 2.82. The van der Waals surface area contributed by atoms with Gasteiger partial charge in [0.25, 0.3) is 0 Å². The predicted octanol–water partition coefficient (Wildman–Crippen LogP) is 2.68. The highest BCUT2D eigenvalue weighted by Crippen LogP contribution is 2.30. The van der Waals surface area contributed by atoms with Crippen molar-refractivity contribution in [1.82, 2.24) is 9.38 Å². The van der Waals surface area contributed by atoms with Crippen molar-refractivity contribution in [2.24, 2.45) is 11.8 Å². The van der Waals surface area contributed by atoms with E-state index in [4.69, 9.17) is 10.7 Å². The molecule has 0 saturated carbocycles. The van der Waals surface area contributed by atoms with Gasteiger partial charge in [-0.05, 0) is 43.2 Å². The number of hydrogen-bond donors (Lipinski definition) is 1. The second-order valence-electron chi connectivity index (χ2n) is 5.44. The van der Waals surface area contributed by atoms with Gasteiger partial charge in [-0.25, -0.2) is 4.98 Å². The van der Waals surface area contributed by atoms with Gasteiger partial charge in [0.05, 0.1) is 5.69 Å². The van der Waals surface area contributed by atoms with Crippen LogP contribution in [0.4, 0.5) is 5.69 Å². The van der Waals surface area contributed by atoms with E-state index in [9.17, 15) is 0 Å². The highest BCUT2D eigenvalue weighted by molar-refractivity contribution is 5.50. The SMILES string of the molecule is CC(C)C1CCc2nc3ccc(N)cn3c2C1. The Labute approximate surface area is 102 Å². The number of nitrogens with zero attached hydrogens (tertiary/aromatic N) is 2. The van der Waals surface area contributed by atoms with Gasteiger partial charge in [0.2, 0.25) is 0 Å². The monoisotopic (exact) mass is 229 g/mol. The van der Waals surface area contributed by atoms with Crippen LogP contribution in [-0.2, 0) is 12.8 Å². The third-order valence-electron chi connectivity index (χ3n) is 3.97. The number of nitrogens with two attached hydrogens (primary N) is 1. The number of fused-ring (bicyclic) bond motifs is 3. The minimum atomic E-state index is 0.745. The fourth-order valence-electron chi connectivity index (χ4n) is 2.82. The predicted molar refractivity (Wildman–Crippen MR) is 70.0 cm³/mol. The van der Waals surface area contributed by atoms with E-state index in [1.807, 2.05) is 18.3 Å². The minimum Gasteiger partial charge on any atom is -0.398 e. The lowest BCUT2D eigenvalue weighted by Gasteiger charge is -2.25. The van der Waals surface area contributed by atoms with Crippen LogP contribution in [0.2, 0.25) is 0 Å². The van der Waals surface area contributed by atoms with E-state index in [0.717, 1.165) is 36.0 Å². The summed E-state index contributed by atoms with van der Waals surface area (Å²) in [5.74, 6) is 1.53. The Hall–Kier alpha value is -1.51. The normalized spacial score (nSPS) is 19.8.